The zero-order valence-electron chi connectivity index (χ0n) is 32.9. The van der Waals surface area contributed by atoms with Gasteiger partial charge in [-0.15, -0.1) is 0 Å². The molecule has 0 spiro atoms. The van der Waals surface area contributed by atoms with Crippen LogP contribution in [0.1, 0.15) is 26.5 Å². The van der Waals surface area contributed by atoms with Gasteiger partial charge < -0.3 is 20.1 Å². The Labute approximate surface area is 378 Å². The monoisotopic (exact) mass is 902 g/mol. The fourth-order valence-corrected chi connectivity index (χ4v) is 8.88. The molecular formula is C47H34N8O4S4. The van der Waals surface area contributed by atoms with Gasteiger partial charge >= 0.3 is 0 Å². The number of thiocarbonyl (C=S) groups is 2. The van der Waals surface area contributed by atoms with Crippen LogP contribution in [0.15, 0.2) is 170 Å². The number of hydrogen-bond acceptors (Lipinski definition) is 10. The average Bonchev–Trinajstić information content (AvgIpc) is 4.07. The fourth-order valence-electron chi connectivity index (χ4n) is 6.44. The van der Waals surface area contributed by atoms with E-state index >= 15 is 0 Å². The molecule has 0 aliphatic rings. The van der Waals surface area contributed by atoms with Crippen LogP contribution in [0.4, 0.5) is 11.4 Å². The molecule has 0 radical (unpaired) electrons. The molecule has 12 nitrogen and oxygen atoms in total. The molecule has 0 fully saturated rings. The zero-order valence-corrected chi connectivity index (χ0v) is 36.2. The Hall–Kier alpha value is -7.50. The van der Waals surface area contributed by atoms with Crippen LogP contribution in [0.5, 0.6) is 17.2 Å². The predicted molar refractivity (Wildman–Crippen MR) is 259 cm³/mol. The predicted octanol–water partition coefficient (Wildman–Crippen LogP) is 10.7. The van der Waals surface area contributed by atoms with Gasteiger partial charge in [0.25, 0.3) is 11.8 Å². The maximum Gasteiger partial charge on any atom is 0.277 e. The Kier molecular flexibility index (Phi) is 12.1. The van der Waals surface area contributed by atoms with E-state index < -0.39 is 0 Å². The second-order valence-corrected chi connectivity index (χ2v) is 16.6. The molecule has 10 aromatic rings. The Bertz CT molecular complexity index is 3270. The third-order valence-corrected chi connectivity index (χ3v) is 11.8. The Morgan fingerprint density at radius 2 is 1.00 bits per heavy atom. The zero-order chi connectivity index (χ0) is 43.1. The maximum absolute atomic E-state index is 12.6. The minimum absolute atomic E-state index is 0.183. The lowest BCUT2D eigenvalue weighted by molar-refractivity contribution is 0.0965. The highest BCUT2D eigenvalue weighted by Crippen LogP contribution is 2.28. The molecule has 4 N–H and O–H groups in total. The highest BCUT2D eigenvalue weighted by Gasteiger charge is 2.17. The lowest BCUT2D eigenvalue weighted by Gasteiger charge is -2.11. The summed E-state index contributed by atoms with van der Waals surface area (Å²) >= 11 is 13.7. The summed E-state index contributed by atoms with van der Waals surface area (Å²) in [6, 6.07) is 50.2. The number of hydrogen-bond donors (Lipinski definition) is 4. The van der Waals surface area contributed by atoms with Crippen LogP contribution in [-0.4, -0.2) is 40.8 Å². The van der Waals surface area contributed by atoms with E-state index in [9.17, 15) is 9.59 Å². The number of fused-ring (bicyclic) bond motifs is 6. The van der Waals surface area contributed by atoms with E-state index in [4.69, 9.17) is 33.9 Å². The highest BCUT2D eigenvalue weighted by molar-refractivity contribution is 7.80. The summed E-state index contributed by atoms with van der Waals surface area (Å²) in [5.41, 5.74) is 5.17. The van der Waals surface area contributed by atoms with Gasteiger partial charge in [0.1, 0.15) is 35.2 Å². The van der Waals surface area contributed by atoms with Gasteiger partial charge in [-0.1, -0.05) is 108 Å². The van der Waals surface area contributed by atoms with Gasteiger partial charge in [-0.05, 0) is 90.7 Å². The van der Waals surface area contributed by atoms with Crippen LogP contribution in [0, 0.1) is 0 Å². The number of benzene rings is 6. The molecule has 0 bridgehead atoms. The van der Waals surface area contributed by atoms with Gasteiger partial charge in [0, 0.05) is 35.9 Å². The molecule has 4 heterocycles. The molecule has 2 amide bonds. The summed E-state index contributed by atoms with van der Waals surface area (Å²) in [5.74, 6) is 1.37. The normalized spacial score (nSPS) is 10.9. The van der Waals surface area contributed by atoms with E-state index in [0.29, 0.717) is 35.2 Å². The molecule has 310 valence electrons. The molecule has 16 heteroatoms. The van der Waals surface area contributed by atoms with Crippen LogP contribution < -0.4 is 30.7 Å². The van der Waals surface area contributed by atoms with Crippen molar-refractivity contribution in [2.45, 2.75) is 6.61 Å². The summed E-state index contributed by atoms with van der Waals surface area (Å²) in [4.78, 5) is 35.7. The molecule has 0 saturated carbocycles. The van der Waals surface area contributed by atoms with Crippen molar-refractivity contribution in [1.29, 1.82) is 0 Å². The molecule has 4 aromatic heterocycles. The number of nitrogens with zero attached hydrogens (tertiary/aromatic N) is 4. The lowest BCUT2D eigenvalue weighted by atomic mass is 10.2. The molecule has 63 heavy (non-hydrogen) atoms. The largest absolute Gasteiger partial charge is 0.489 e. The van der Waals surface area contributed by atoms with E-state index in [1.165, 1.54) is 22.7 Å². The smallest absolute Gasteiger partial charge is 0.277 e. The summed E-state index contributed by atoms with van der Waals surface area (Å²) in [5, 5.41) is 11.8. The first-order chi connectivity index (χ1) is 30.8. The van der Waals surface area contributed by atoms with Crippen LogP contribution in [-0.2, 0) is 6.61 Å². The van der Waals surface area contributed by atoms with Crippen molar-refractivity contribution in [3.8, 4) is 17.2 Å². The number of aromatic nitrogens is 4. The van der Waals surface area contributed by atoms with Gasteiger partial charge in [-0.2, -0.15) is 0 Å². The highest BCUT2D eigenvalue weighted by atomic mass is 32.1. The number of carbonyl (C=O) groups excluding carboxylic acids is 2. The molecule has 0 aliphatic carbocycles. The second kappa shape index (κ2) is 18.6. The summed E-state index contributed by atoms with van der Waals surface area (Å²) in [7, 11) is 0. The van der Waals surface area contributed by atoms with Crippen molar-refractivity contribution in [2.75, 3.05) is 10.6 Å². The second-order valence-electron chi connectivity index (χ2n) is 13.8. The van der Waals surface area contributed by atoms with E-state index in [0.717, 1.165) is 47.4 Å². The van der Waals surface area contributed by atoms with Gasteiger partial charge in [-0.3, -0.25) is 29.0 Å². The molecular weight excluding hydrogens is 869 g/mol. The summed E-state index contributed by atoms with van der Waals surface area (Å²) in [6.45, 7) is 0.470. The number of nitrogens with one attached hydrogen (secondary N) is 4. The average molecular weight is 903 g/mol. The van der Waals surface area contributed by atoms with Crippen LogP contribution in [0.2, 0.25) is 0 Å². The van der Waals surface area contributed by atoms with Crippen molar-refractivity contribution >= 4 is 111 Å². The number of rotatable bonds is 9. The van der Waals surface area contributed by atoms with Gasteiger partial charge in [0.15, 0.2) is 20.1 Å². The number of ether oxygens (including phenoxy) is 2. The van der Waals surface area contributed by atoms with Crippen LogP contribution in [0.3, 0.4) is 0 Å². The number of carbonyl (C=O) groups is 2. The standard InChI is InChI=1S/C24H18N4O2S2.C23H16N4O2S2/c29-22(19-14-28-20-11-4-5-12-21(20)32-24(28)26-19)27-23(31)25-17-9-6-10-18(13-17)30-15-16-7-2-1-3-8-16;28-21(18-14-27-19-11-4-5-12-20(19)31-23(27)25-18)26-22(30)24-15-7-6-10-17(13-15)29-16-8-2-1-3-9-16/h1-14H,15H2,(H2,25,27,29,31);1-14H,(H2,24,26,28,30). The molecule has 0 saturated heterocycles. The van der Waals surface area contributed by atoms with Crippen LogP contribution in [0.25, 0.3) is 30.4 Å². The first-order valence-electron chi connectivity index (χ1n) is 19.4. The molecule has 6 aromatic carbocycles. The Balaban J connectivity index is 0.000000160. The molecule has 0 aliphatic heterocycles. The van der Waals surface area contributed by atoms with E-state index in [-0.39, 0.29) is 22.0 Å². The first-order valence-corrected chi connectivity index (χ1v) is 21.8. The Morgan fingerprint density at radius 1 is 0.540 bits per heavy atom. The van der Waals surface area contributed by atoms with Crippen molar-refractivity contribution in [3.63, 3.8) is 0 Å². The number of amides is 2. The molecule has 0 atom stereocenters. The SMILES string of the molecule is O=C(NC(=S)Nc1cccc(OCc2ccccc2)c1)c1cn2c(n1)sc1ccccc12.O=C(NC(=S)Nc1cccc(Oc2ccccc2)c1)c1cn2c(n1)sc1ccccc12. The van der Waals surface area contributed by atoms with Crippen molar-refractivity contribution in [2.24, 2.45) is 0 Å². The van der Waals surface area contributed by atoms with Crippen molar-refractivity contribution in [3.05, 3.63) is 187 Å². The van der Waals surface area contributed by atoms with Gasteiger partial charge in [-0.25, -0.2) is 9.97 Å². The molecule has 0 unspecified atom stereocenters. The fraction of sp³-hybridized carbons (Fsp3) is 0.0213. The van der Waals surface area contributed by atoms with Crippen molar-refractivity contribution < 1.29 is 19.1 Å². The third kappa shape index (κ3) is 9.85. The van der Waals surface area contributed by atoms with Crippen LogP contribution >= 0.6 is 47.1 Å². The minimum Gasteiger partial charge on any atom is -0.489 e. The number of para-hydroxylation sites is 3. The third-order valence-electron chi connectivity index (χ3n) is 9.33. The molecule has 10 rings (SSSR count). The maximum atomic E-state index is 12.6. The number of anilines is 2. The van der Waals surface area contributed by atoms with Gasteiger partial charge in [0.05, 0.1) is 20.4 Å². The van der Waals surface area contributed by atoms with E-state index in [2.05, 4.69) is 31.2 Å². The first kappa shape index (κ1) is 40.9. The van der Waals surface area contributed by atoms with Gasteiger partial charge in [0.2, 0.25) is 0 Å². The quantitative estimate of drug-likeness (QED) is 0.104. The lowest BCUT2D eigenvalue weighted by Crippen LogP contribution is -2.34. The topological polar surface area (TPSA) is 135 Å². The summed E-state index contributed by atoms with van der Waals surface area (Å²) in [6.07, 6.45) is 3.45. The number of imidazole rings is 2. The number of thiazole rings is 2. The minimum atomic E-state index is -0.367. The van der Waals surface area contributed by atoms with E-state index in [1.54, 1.807) is 12.4 Å². The summed E-state index contributed by atoms with van der Waals surface area (Å²) < 4.78 is 17.7. The Morgan fingerprint density at radius 3 is 1.56 bits per heavy atom. The van der Waals surface area contributed by atoms with Crippen molar-refractivity contribution in [1.82, 2.24) is 29.4 Å². The van der Waals surface area contributed by atoms with E-state index in [1.807, 2.05) is 167 Å².